The number of benzene rings is 2. The number of nitrogens with one attached hydrogen (secondary N) is 2. The predicted octanol–water partition coefficient (Wildman–Crippen LogP) is 8.30. The fraction of sp³-hybridized carbons (Fsp3) is 0.500. The largest absolute Gasteiger partial charge is 0.418 e. The van der Waals surface area contributed by atoms with E-state index in [0.29, 0.717) is 33.9 Å². The van der Waals surface area contributed by atoms with E-state index in [0.717, 1.165) is 6.07 Å². The third-order valence-corrected chi connectivity index (χ3v) is 7.74. The first-order valence-corrected chi connectivity index (χ1v) is 13.6. The number of piperidine rings is 1. The van der Waals surface area contributed by atoms with Gasteiger partial charge in [0.05, 0.1) is 38.9 Å². The quantitative estimate of drug-likeness (QED) is 0.222. The number of halogens is 7. The molecule has 1 saturated heterocycles. The van der Waals surface area contributed by atoms with Crippen LogP contribution < -0.4 is 14.9 Å². The van der Waals surface area contributed by atoms with Crippen LogP contribution in [0.3, 0.4) is 0 Å². The highest BCUT2D eigenvalue weighted by Gasteiger charge is 2.41. The van der Waals surface area contributed by atoms with Crippen molar-refractivity contribution in [3.05, 3.63) is 46.5 Å². The van der Waals surface area contributed by atoms with Crippen molar-refractivity contribution in [1.29, 1.82) is 0 Å². The molecule has 2 aromatic carbocycles. The lowest BCUT2D eigenvalue weighted by molar-refractivity contribution is -0.179. The second-order valence-corrected chi connectivity index (χ2v) is 12.8. The van der Waals surface area contributed by atoms with Gasteiger partial charge in [0.15, 0.2) is 0 Å². The van der Waals surface area contributed by atoms with Crippen molar-refractivity contribution in [2.24, 2.45) is 13.0 Å². The van der Waals surface area contributed by atoms with E-state index in [1.807, 2.05) is 20.8 Å². The summed E-state index contributed by atoms with van der Waals surface area (Å²) in [6.45, 7) is 6.83. The lowest BCUT2D eigenvalue weighted by Gasteiger charge is -2.34. The Morgan fingerprint density at radius 3 is 2.28 bits per heavy atom. The summed E-state index contributed by atoms with van der Waals surface area (Å²) in [5.41, 5.74) is 1.30. The molecule has 2 heterocycles. The molecule has 3 aromatic rings. The van der Waals surface area contributed by atoms with Crippen LogP contribution in [0.25, 0.3) is 11.0 Å². The molecule has 1 aromatic heterocycles. The van der Waals surface area contributed by atoms with E-state index < -0.39 is 23.8 Å². The van der Waals surface area contributed by atoms with Crippen molar-refractivity contribution >= 4 is 51.9 Å². The molecule has 1 fully saturated rings. The van der Waals surface area contributed by atoms with Crippen LogP contribution in [0, 0.1) is 5.92 Å². The lowest BCUT2D eigenvalue weighted by atomic mass is 9.96. The van der Waals surface area contributed by atoms with Gasteiger partial charge in [-0.25, -0.2) is 4.98 Å². The van der Waals surface area contributed by atoms with Crippen LogP contribution in [0.2, 0.25) is 5.02 Å². The molecule has 0 atom stereocenters. The highest BCUT2D eigenvalue weighted by Crippen LogP contribution is 2.40. The van der Waals surface area contributed by atoms with Crippen LogP contribution in [0.15, 0.2) is 30.3 Å². The Bertz CT molecular complexity index is 1320. The predicted molar refractivity (Wildman–Crippen MR) is 146 cm³/mol. The summed E-state index contributed by atoms with van der Waals surface area (Å²) in [6.07, 6.45) is -8.87. The molecule has 0 saturated carbocycles. The molecule has 0 radical (unpaired) electrons. The Morgan fingerprint density at radius 1 is 1.03 bits per heavy atom. The molecule has 39 heavy (non-hydrogen) atoms. The fourth-order valence-corrected chi connectivity index (χ4v) is 5.46. The molecule has 214 valence electrons. The number of fused-ring (bicyclic) bond motifs is 1. The van der Waals surface area contributed by atoms with Gasteiger partial charge in [-0.1, -0.05) is 29.6 Å². The first kappa shape index (κ1) is 29.7. The van der Waals surface area contributed by atoms with Crippen molar-refractivity contribution < 1.29 is 26.3 Å². The minimum atomic E-state index is -4.59. The standard InChI is InChI=1S/C26H30ClF6N5S/c1-24(2,3)39-34-14-15-5-6-17(26(31,32)33)19(11-15)35-23-36-20-12-18(27)21(13-22(20)37(23)4)38-9-7-16(8-10-38)25(28,29)30/h5-6,11-13,16,34H,7-10,14H2,1-4H3,(H,35,36). The molecule has 0 spiro atoms. The molecular formula is C26H30ClF6N5S. The zero-order valence-corrected chi connectivity index (χ0v) is 23.5. The van der Waals surface area contributed by atoms with Crippen molar-refractivity contribution in [2.75, 3.05) is 23.3 Å². The molecular weight excluding hydrogens is 564 g/mol. The van der Waals surface area contributed by atoms with E-state index in [2.05, 4.69) is 15.0 Å². The minimum Gasteiger partial charge on any atom is -0.370 e. The van der Waals surface area contributed by atoms with E-state index in [-0.39, 0.29) is 42.3 Å². The number of aromatic nitrogens is 2. The van der Waals surface area contributed by atoms with E-state index >= 15 is 0 Å². The Kier molecular flexibility index (Phi) is 8.31. The molecule has 2 N–H and O–H groups in total. The average molecular weight is 594 g/mol. The number of anilines is 3. The van der Waals surface area contributed by atoms with Crippen LogP contribution in [-0.4, -0.2) is 33.6 Å². The second-order valence-electron chi connectivity index (χ2n) is 10.6. The number of alkyl halides is 6. The van der Waals surface area contributed by atoms with Gasteiger partial charge >= 0.3 is 12.4 Å². The van der Waals surface area contributed by atoms with Crippen molar-refractivity contribution in [1.82, 2.24) is 14.3 Å². The summed E-state index contributed by atoms with van der Waals surface area (Å²) in [5, 5.41) is 3.16. The average Bonchev–Trinajstić information content (AvgIpc) is 3.10. The Morgan fingerprint density at radius 2 is 1.69 bits per heavy atom. The van der Waals surface area contributed by atoms with Crippen molar-refractivity contribution in [3.8, 4) is 0 Å². The maximum atomic E-state index is 13.8. The second kappa shape index (κ2) is 10.9. The first-order chi connectivity index (χ1) is 18.0. The van der Waals surface area contributed by atoms with Gasteiger partial charge in [0.1, 0.15) is 0 Å². The summed E-state index contributed by atoms with van der Waals surface area (Å²) >= 11 is 7.97. The first-order valence-electron chi connectivity index (χ1n) is 12.4. The summed E-state index contributed by atoms with van der Waals surface area (Å²) in [6, 6.07) is 7.23. The van der Waals surface area contributed by atoms with Gasteiger partial charge in [-0.05, 0) is 63.4 Å². The summed E-state index contributed by atoms with van der Waals surface area (Å²) < 4.78 is 85.5. The maximum absolute atomic E-state index is 13.8. The monoisotopic (exact) mass is 593 g/mol. The number of aryl methyl sites for hydroxylation is 1. The number of rotatable bonds is 6. The molecule has 0 bridgehead atoms. The van der Waals surface area contributed by atoms with Crippen LogP contribution in [0.4, 0.5) is 43.7 Å². The van der Waals surface area contributed by atoms with Crippen molar-refractivity contribution in [2.45, 2.75) is 57.3 Å². The Labute approximate surface area is 232 Å². The lowest BCUT2D eigenvalue weighted by Crippen LogP contribution is -2.39. The van der Waals surface area contributed by atoms with Gasteiger partial charge in [0.2, 0.25) is 5.95 Å². The molecule has 5 nitrogen and oxygen atoms in total. The maximum Gasteiger partial charge on any atom is 0.418 e. The van der Waals surface area contributed by atoms with Crippen LogP contribution >= 0.6 is 23.5 Å². The molecule has 1 aliphatic heterocycles. The van der Waals surface area contributed by atoms with Crippen molar-refractivity contribution in [3.63, 3.8) is 0 Å². The van der Waals surface area contributed by atoms with Crippen LogP contribution in [0.5, 0.6) is 0 Å². The third kappa shape index (κ3) is 7.07. The number of hydrogen-bond acceptors (Lipinski definition) is 5. The molecule has 0 unspecified atom stereocenters. The van der Waals surface area contributed by atoms with Gasteiger partial charge in [-0.15, -0.1) is 0 Å². The summed E-state index contributed by atoms with van der Waals surface area (Å²) in [5.74, 6) is -1.17. The normalized spacial score (nSPS) is 15.8. The molecule has 0 aliphatic carbocycles. The summed E-state index contributed by atoms with van der Waals surface area (Å²) in [4.78, 5) is 6.26. The van der Waals surface area contributed by atoms with Gasteiger partial charge in [-0.2, -0.15) is 26.3 Å². The van der Waals surface area contributed by atoms with Gasteiger partial charge in [0.25, 0.3) is 0 Å². The summed E-state index contributed by atoms with van der Waals surface area (Å²) in [7, 11) is 1.66. The van der Waals surface area contributed by atoms with E-state index in [1.54, 1.807) is 28.6 Å². The highest BCUT2D eigenvalue weighted by molar-refractivity contribution is 7.98. The zero-order valence-electron chi connectivity index (χ0n) is 21.9. The molecule has 13 heteroatoms. The Hall–Kier alpha value is -2.31. The molecule has 0 amide bonds. The van der Waals surface area contributed by atoms with Gasteiger partial charge < -0.3 is 14.8 Å². The fourth-order valence-electron chi connectivity index (χ4n) is 4.51. The van der Waals surface area contributed by atoms with Gasteiger partial charge in [0, 0.05) is 31.4 Å². The van der Waals surface area contributed by atoms with Gasteiger partial charge in [-0.3, -0.25) is 4.72 Å². The molecule has 4 rings (SSSR count). The zero-order chi connectivity index (χ0) is 28.8. The minimum absolute atomic E-state index is 0.0320. The molecule has 1 aliphatic rings. The highest BCUT2D eigenvalue weighted by atomic mass is 35.5. The van der Waals surface area contributed by atoms with Crippen LogP contribution in [0.1, 0.15) is 44.7 Å². The van der Waals surface area contributed by atoms with E-state index in [1.165, 1.54) is 24.1 Å². The van der Waals surface area contributed by atoms with E-state index in [4.69, 9.17) is 11.6 Å². The number of imidazole rings is 1. The SMILES string of the molecule is Cn1c(Nc2cc(CNSC(C)(C)C)ccc2C(F)(F)F)nc2cc(Cl)c(N3CCC(C(F)(F)F)CC3)cc21. The smallest absolute Gasteiger partial charge is 0.370 e. The van der Waals surface area contributed by atoms with Crippen LogP contribution in [-0.2, 0) is 19.8 Å². The third-order valence-electron chi connectivity index (χ3n) is 6.54. The topological polar surface area (TPSA) is 45.1 Å². The van der Waals surface area contributed by atoms with E-state index in [9.17, 15) is 26.3 Å². The number of hydrogen-bond donors (Lipinski definition) is 2. The Balaban J connectivity index is 1.61. The number of nitrogens with zero attached hydrogens (tertiary/aromatic N) is 3.